The highest BCUT2D eigenvalue weighted by molar-refractivity contribution is 5.85. The van der Waals surface area contributed by atoms with Crippen LogP contribution in [0.15, 0.2) is 24.3 Å². The Labute approximate surface area is 94.4 Å². The number of rotatable bonds is 4. The number of aliphatic carboxylic acids is 1. The lowest BCUT2D eigenvalue weighted by atomic mass is 10.0. The Bertz CT molecular complexity index is 408. The number of hydrogen-bond donors (Lipinski definition) is 1. The average Bonchev–Trinajstić information content (AvgIpc) is 2.18. The van der Waals surface area contributed by atoms with Gasteiger partial charge in [0.2, 0.25) is 0 Å². The number of carbonyl (C=O) groups is 1. The monoisotopic (exact) mass is 222 g/mol. The van der Waals surface area contributed by atoms with Gasteiger partial charge in [0, 0.05) is 6.08 Å². The first kappa shape index (κ1) is 12.4. The van der Waals surface area contributed by atoms with Crippen LogP contribution in [0.3, 0.4) is 0 Å². The van der Waals surface area contributed by atoms with Crippen LogP contribution in [0, 0.1) is 11.7 Å². The van der Waals surface area contributed by atoms with Crippen molar-refractivity contribution in [1.82, 2.24) is 0 Å². The molecule has 1 rings (SSSR count). The van der Waals surface area contributed by atoms with Crippen LogP contribution in [0.1, 0.15) is 25.0 Å². The summed E-state index contributed by atoms with van der Waals surface area (Å²) in [5.41, 5.74) is 1.23. The molecule has 0 unspecified atom stereocenters. The first-order valence-corrected chi connectivity index (χ1v) is 5.18. The lowest BCUT2D eigenvalue weighted by molar-refractivity contribution is -0.131. The SMILES string of the molecule is CC(C)Cc1ccc(/C=C/C(=O)O)cc1F. The van der Waals surface area contributed by atoms with Gasteiger partial charge in [0.15, 0.2) is 0 Å². The van der Waals surface area contributed by atoms with E-state index in [9.17, 15) is 9.18 Å². The van der Waals surface area contributed by atoms with Crippen LogP contribution in [-0.2, 0) is 11.2 Å². The molecule has 0 radical (unpaired) electrons. The van der Waals surface area contributed by atoms with Crippen molar-refractivity contribution < 1.29 is 14.3 Å². The second-order valence-corrected chi connectivity index (χ2v) is 4.12. The molecule has 3 heteroatoms. The van der Waals surface area contributed by atoms with E-state index in [1.807, 2.05) is 13.8 Å². The number of hydrogen-bond acceptors (Lipinski definition) is 1. The summed E-state index contributed by atoms with van der Waals surface area (Å²) in [6.45, 7) is 4.05. The fourth-order valence-corrected chi connectivity index (χ4v) is 1.44. The maximum Gasteiger partial charge on any atom is 0.328 e. The Hall–Kier alpha value is -1.64. The second kappa shape index (κ2) is 5.45. The molecule has 0 heterocycles. The van der Waals surface area contributed by atoms with E-state index in [2.05, 4.69) is 0 Å². The Kier molecular flexibility index (Phi) is 4.23. The maximum absolute atomic E-state index is 13.6. The van der Waals surface area contributed by atoms with Crippen LogP contribution < -0.4 is 0 Å². The predicted octanol–water partition coefficient (Wildman–Crippen LogP) is 3.12. The molecule has 0 atom stereocenters. The molecule has 0 aliphatic heterocycles. The predicted molar refractivity (Wildman–Crippen MR) is 61.6 cm³/mol. The first-order chi connectivity index (χ1) is 7.49. The van der Waals surface area contributed by atoms with Crippen LogP contribution in [0.25, 0.3) is 6.08 Å². The largest absolute Gasteiger partial charge is 0.478 e. The van der Waals surface area contributed by atoms with E-state index in [1.165, 1.54) is 12.1 Å². The van der Waals surface area contributed by atoms with E-state index < -0.39 is 5.97 Å². The van der Waals surface area contributed by atoms with Crippen molar-refractivity contribution in [2.75, 3.05) is 0 Å². The summed E-state index contributed by atoms with van der Waals surface area (Å²) >= 11 is 0. The summed E-state index contributed by atoms with van der Waals surface area (Å²) < 4.78 is 13.6. The van der Waals surface area contributed by atoms with Crippen LogP contribution in [-0.4, -0.2) is 11.1 Å². The summed E-state index contributed by atoms with van der Waals surface area (Å²) in [4.78, 5) is 10.3. The van der Waals surface area contributed by atoms with Crippen molar-refractivity contribution in [3.05, 3.63) is 41.2 Å². The van der Waals surface area contributed by atoms with E-state index in [4.69, 9.17) is 5.11 Å². The third-order valence-corrected chi connectivity index (χ3v) is 2.12. The van der Waals surface area contributed by atoms with Gasteiger partial charge in [-0.2, -0.15) is 0 Å². The molecule has 86 valence electrons. The molecule has 1 aromatic rings. The fourth-order valence-electron chi connectivity index (χ4n) is 1.44. The Morgan fingerprint density at radius 1 is 1.50 bits per heavy atom. The Morgan fingerprint density at radius 2 is 2.19 bits per heavy atom. The zero-order valence-corrected chi connectivity index (χ0v) is 9.40. The number of carboxylic acids is 1. The lowest BCUT2D eigenvalue weighted by Gasteiger charge is -2.06. The molecule has 1 N–H and O–H groups in total. The normalized spacial score (nSPS) is 11.2. The minimum atomic E-state index is -1.04. The molecule has 0 spiro atoms. The molecule has 0 aromatic heterocycles. The van der Waals surface area contributed by atoms with Crippen LogP contribution in [0.5, 0.6) is 0 Å². The van der Waals surface area contributed by atoms with Gasteiger partial charge in [0.05, 0.1) is 0 Å². The summed E-state index contributed by atoms with van der Waals surface area (Å²) in [5, 5.41) is 8.44. The molecule has 0 amide bonds. The van der Waals surface area contributed by atoms with Crippen molar-refractivity contribution in [1.29, 1.82) is 0 Å². The number of halogens is 1. The van der Waals surface area contributed by atoms with E-state index in [1.54, 1.807) is 12.1 Å². The molecule has 0 saturated heterocycles. The summed E-state index contributed by atoms with van der Waals surface area (Å²) in [5.74, 6) is -0.914. The topological polar surface area (TPSA) is 37.3 Å². The molecule has 0 fully saturated rings. The molecule has 16 heavy (non-hydrogen) atoms. The van der Waals surface area contributed by atoms with Gasteiger partial charge in [-0.1, -0.05) is 26.0 Å². The van der Waals surface area contributed by atoms with E-state index in [0.717, 1.165) is 6.08 Å². The number of benzene rings is 1. The van der Waals surface area contributed by atoms with E-state index in [-0.39, 0.29) is 5.82 Å². The van der Waals surface area contributed by atoms with Gasteiger partial charge < -0.3 is 5.11 Å². The van der Waals surface area contributed by atoms with Gasteiger partial charge in [-0.25, -0.2) is 9.18 Å². The highest BCUT2D eigenvalue weighted by atomic mass is 19.1. The van der Waals surface area contributed by atoms with Gasteiger partial charge in [-0.3, -0.25) is 0 Å². The van der Waals surface area contributed by atoms with Crippen molar-refractivity contribution >= 4 is 12.0 Å². The van der Waals surface area contributed by atoms with Crippen molar-refractivity contribution in [2.45, 2.75) is 20.3 Å². The molecule has 0 aliphatic rings. The Morgan fingerprint density at radius 3 is 2.69 bits per heavy atom. The van der Waals surface area contributed by atoms with Crippen molar-refractivity contribution in [3.8, 4) is 0 Å². The molecule has 1 aromatic carbocycles. The smallest absolute Gasteiger partial charge is 0.328 e. The van der Waals surface area contributed by atoms with Gasteiger partial charge >= 0.3 is 5.97 Å². The molecular formula is C13H15FO2. The van der Waals surface area contributed by atoms with Gasteiger partial charge in [0.1, 0.15) is 5.82 Å². The third kappa shape index (κ3) is 3.85. The van der Waals surface area contributed by atoms with Crippen molar-refractivity contribution in [3.63, 3.8) is 0 Å². The van der Waals surface area contributed by atoms with Crippen LogP contribution in [0.2, 0.25) is 0 Å². The van der Waals surface area contributed by atoms with E-state index >= 15 is 0 Å². The third-order valence-electron chi connectivity index (χ3n) is 2.12. The lowest BCUT2D eigenvalue weighted by Crippen LogP contribution is -1.97. The molecule has 0 aliphatic carbocycles. The fraction of sp³-hybridized carbons (Fsp3) is 0.308. The summed E-state index contributed by atoms with van der Waals surface area (Å²) in [6.07, 6.45) is 3.07. The quantitative estimate of drug-likeness (QED) is 0.795. The highest BCUT2D eigenvalue weighted by Gasteiger charge is 2.04. The zero-order chi connectivity index (χ0) is 12.1. The zero-order valence-electron chi connectivity index (χ0n) is 9.40. The molecular weight excluding hydrogens is 207 g/mol. The van der Waals surface area contributed by atoms with Crippen LogP contribution >= 0.6 is 0 Å². The maximum atomic E-state index is 13.6. The molecule has 0 saturated carbocycles. The Balaban J connectivity index is 2.86. The molecule has 2 nitrogen and oxygen atoms in total. The number of carboxylic acid groups (broad SMARTS) is 1. The minimum Gasteiger partial charge on any atom is -0.478 e. The highest BCUT2D eigenvalue weighted by Crippen LogP contribution is 2.15. The van der Waals surface area contributed by atoms with Crippen molar-refractivity contribution in [2.24, 2.45) is 5.92 Å². The van der Waals surface area contributed by atoms with Gasteiger partial charge in [-0.15, -0.1) is 0 Å². The van der Waals surface area contributed by atoms with Gasteiger partial charge in [0.25, 0.3) is 0 Å². The first-order valence-electron chi connectivity index (χ1n) is 5.18. The average molecular weight is 222 g/mol. The minimum absolute atomic E-state index is 0.277. The summed E-state index contributed by atoms with van der Waals surface area (Å²) in [7, 11) is 0. The van der Waals surface area contributed by atoms with E-state index in [0.29, 0.717) is 23.5 Å². The second-order valence-electron chi connectivity index (χ2n) is 4.12. The summed E-state index contributed by atoms with van der Waals surface area (Å²) in [6, 6.07) is 4.79. The molecule has 0 bridgehead atoms. The van der Waals surface area contributed by atoms with Crippen LogP contribution in [0.4, 0.5) is 4.39 Å². The van der Waals surface area contributed by atoms with Gasteiger partial charge in [-0.05, 0) is 35.6 Å². The standard InChI is InChI=1S/C13H15FO2/c1-9(2)7-11-5-3-10(8-12(11)14)4-6-13(15)16/h3-6,8-9H,7H2,1-2H3,(H,15,16)/b6-4+.